The van der Waals surface area contributed by atoms with E-state index < -0.39 is 11.6 Å². The van der Waals surface area contributed by atoms with Gasteiger partial charge in [0.15, 0.2) is 0 Å². The van der Waals surface area contributed by atoms with Gasteiger partial charge in [-0.3, -0.25) is 9.59 Å². The molecule has 106 valence electrons. The lowest BCUT2D eigenvalue weighted by molar-refractivity contribution is -0.121. The molecule has 2 N–H and O–H groups in total. The van der Waals surface area contributed by atoms with Crippen LogP contribution in [0.1, 0.15) is 6.92 Å². The van der Waals surface area contributed by atoms with Crippen molar-refractivity contribution >= 4 is 23.2 Å². The summed E-state index contributed by atoms with van der Waals surface area (Å²) in [4.78, 5) is 23.3. The average molecular weight is 289 g/mol. The van der Waals surface area contributed by atoms with Gasteiger partial charge in [-0.25, -0.2) is 4.68 Å². The molecule has 0 radical (unpaired) electrons. The summed E-state index contributed by atoms with van der Waals surface area (Å²) in [5, 5.41) is 9.36. The third-order valence-corrected chi connectivity index (χ3v) is 2.81. The molecule has 0 spiro atoms. The molecule has 1 aromatic heterocycles. The van der Waals surface area contributed by atoms with Gasteiger partial charge in [0.1, 0.15) is 11.1 Å². The van der Waals surface area contributed by atoms with Crippen molar-refractivity contribution in [2.24, 2.45) is 7.05 Å². The number of anilines is 1. The fraction of sp³-hybridized carbons (Fsp3) is 0.545. The summed E-state index contributed by atoms with van der Waals surface area (Å²) in [7, 11) is 3.05. The van der Waals surface area contributed by atoms with Crippen LogP contribution in [0.25, 0.3) is 0 Å². The van der Waals surface area contributed by atoms with Crippen LogP contribution in [-0.2, 0) is 16.6 Å². The van der Waals surface area contributed by atoms with Crippen LogP contribution < -0.4 is 16.2 Å². The Labute approximate surface area is 115 Å². The number of hydrogen-bond acceptors (Lipinski definition) is 5. The molecule has 1 atom stereocenters. The van der Waals surface area contributed by atoms with Crippen molar-refractivity contribution < 1.29 is 9.53 Å². The first kappa shape index (κ1) is 15.5. The Bertz CT molecular complexity index is 503. The maximum absolute atomic E-state index is 11.7. The maximum Gasteiger partial charge on any atom is 0.287 e. The zero-order valence-corrected chi connectivity index (χ0v) is 11.8. The van der Waals surface area contributed by atoms with Gasteiger partial charge in [0.25, 0.3) is 5.56 Å². The lowest BCUT2D eigenvalue weighted by Gasteiger charge is -2.15. The molecule has 0 fully saturated rings. The second kappa shape index (κ2) is 7.10. The molecule has 0 aliphatic heterocycles. The smallest absolute Gasteiger partial charge is 0.287 e. The number of aromatic nitrogens is 2. The van der Waals surface area contributed by atoms with Crippen molar-refractivity contribution in [3.63, 3.8) is 0 Å². The van der Waals surface area contributed by atoms with Crippen molar-refractivity contribution in [3.8, 4) is 0 Å². The summed E-state index contributed by atoms with van der Waals surface area (Å²) < 4.78 is 5.95. The Morgan fingerprint density at radius 2 is 2.32 bits per heavy atom. The predicted molar refractivity (Wildman–Crippen MR) is 72.5 cm³/mol. The molecule has 8 heteroatoms. The molecule has 7 nitrogen and oxygen atoms in total. The van der Waals surface area contributed by atoms with Gasteiger partial charge in [-0.05, 0) is 6.92 Å². The molecule has 0 aliphatic carbocycles. The van der Waals surface area contributed by atoms with Crippen LogP contribution in [0, 0.1) is 0 Å². The Hall–Kier alpha value is -1.60. The van der Waals surface area contributed by atoms with Gasteiger partial charge in [-0.15, -0.1) is 0 Å². The van der Waals surface area contributed by atoms with Crippen LogP contribution >= 0.6 is 11.6 Å². The number of nitrogens with zero attached hydrogens (tertiary/aromatic N) is 2. The van der Waals surface area contributed by atoms with E-state index in [9.17, 15) is 9.59 Å². The van der Waals surface area contributed by atoms with E-state index in [4.69, 9.17) is 16.3 Å². The van der Waals surface area contributed by atoms with Gasteiger partial charge in [0.05, 0.1) is 18.5 Å². The highest BCUT2D eigenvalue weighted by Gasteiger charge is 2.15. The number of carbonyl (C=O) groups is 1. The molecule has 0 aromatic carbocycles. The zero-order valence-electron chi connectivity index (χ0n) is 11.1. The Morgan fingerprint density at radius 3 is 2.95 bits per heavy atom. The van der Waals surface area contributed by atoms with Gasteiger partial charge in [-0.2, -0.15) is 5.10 Å². The molecule has 19 heavy (non-hydrogen) atoms. The highest BCUT2D eigenvalue weighted by atomic mass is 35.5. The third kappa shape index (κ3) is 4.22. The SMILES string of the molecule is COCCNC(=O)C(C)Nc1cnn(C)c(=O)c1Cl. The van der Waals surface area contributed by atoms with E-state index in [1.54, 1.807) is 14.0 Å². The molecule has 1 amide bonds. The number of hydrogen-bond donors (Lipinski definition) is 2. The second-order valence-corrected chi connectivity index (χ2v) is 4.33. The second-order valence-electron chi connectivity index (χ2n) is 3.95. The van der Waals surface area contributed by atoms with Gasteiger partial charge >= 0.3 is 0 Å². The van der Waals surface area contributed by atoms with Crippen molar-refractivity contribution in [2.45, 2.75) is 13.0 Å². The highest BCUT2D eigenvalue weighted by Crippen LogP contribution is 2.15. The number of ether oxygens (including phenoxy) is 1. The summed E-state index contributed by atoms with van der Waals surface area (Å²) in [6.07, 6.45) is 1.41. The Kier molecular flexibility index (Phi) is 5.78. The normalized spacial score (nSPS) is 12.0. The molecular formula is C11H17ClN4O3. The Balaban J connectivity index is 2.67. The summed E-state index contributed by atoms with van der Waals surface area (Å²) >= 11 is 5.89. The lowest BCUT2D eigenvalue weighted by atomic mass is 10.3. The number of carbonyl (C=O) groups excluding carboxylic acids is 1. The van der Waals surface area contributed by atoms with E-state index in [1.165, 1.54) is 13.2 Å². The predicted octanol–water partition coefficient (Wildman–Crippen LogP) is -0.00330. The highest BCUT2D eigenvalue weighted by molar-refractivity contribution is 6.33. The van der Waals surface area contributed by atoms with Crippen LogP contribution in [0.4, 0.5) is 5.69 Å². The molecule has 0 saturated carbocycles. The third-order valence-electron chi connectivity index (χ3n) is 2.45. The summed E-state index contributed by atoms with van der Waals surface area (Å²) in [5.41, 5.74) is -0.0854. The van der Waals surface area contributed by atoms with Crippen LogP contribution in [0.5, 0.6) is 0 Å². The Morgan fingerprint density at radius 1 is 1.63 bits per heavy atom. The first-order valence-corrected chi connectivity index (χ1v) is 6.10. The summed E-state index contributed by atoms with van der Waals surface area (Å²) in [5.74, 6) is -0.214. The van der Waals surface area contributed by atoms with Gasteiger partial charge in [0.2, 0.25) is 5.91 Å². The maximum atomic E-state index is 11.7. The average Bonchev–Trinajstić information content (AvgIpc) is 2.39. The van der Waals surface area contributed by atoms with Gasteiger partial charge in [0, 0.05) is 20.7 Å². The number of amides is 1. The van der Waals surface area contributed by atoms with E-state index in [-0.39, 0.29) is 10.9 Å². The summed E-state index contributed by atoms with van der Waals surface area (Å²) in [6.45, 7) is 2.52. The fourth-order valence-corrected chi connectivity index (χ4v) is 1.57. The van der Waals surface area contributed by atoms with E-state index >= 15 is 0 Å². The van der Waals surface area contributed by atoms with Crippen LogP contribution in [0.2, 0.25) is 5.02 Å². The number of halogens is 1. The van der Waals surface area contributed by atoms with Crippen LogP contribution in [0.3, 0.4) is 0 Å². The molecule has 1 heterocycles. The molecular weight excluding hydrogens is 272 g/mol. The number of methoxy groups -OCH3 is 1. The standard InChI is InChI=1S/C11H17ClN4O3/c1-7(10(17)13-4-5-19-3)15-8-6-14-16(2)11(18)9(8)12/h6-7,15H,4-5H2,1-3H3,(H,13,17). The number of rotatable bonds is 6. The first-order valence-electron chi connectivity index (χ1n) is 5.72. The van der Waals surface area contributed by atoms with Crippen molar-refractivity contribution in [1.82, 2.24) is 15.1 Å². The minimum Gasteiger partial charge on any atom is -0.383 e. The van der Waals surface area contributed by atoms with E-state index in [0.717, 1.165) is 4.68 Å². The van der Waals surface area contributed by atoms with Crippen LogP contribution in [0.15, 0.2) is 11.0 Å². The van der Waals surface area contributed by atoms with Crippen molar-refractivity contribution in [2.75, 3.05) is 25.6 Å². The van der Waals surface area contributed by atoms with E-state index in [0.29, 0.717) is 18.8 Å². The molecule has 0 saturated heterocycles. The molecule has 0 aliphatic rings. The van der Waals surface area contributed by atoms with Crippen LogP contribution in [-0.4, -0.2) is 42.0 Å². The molecule has 1 rings (SSSR count). The fourth-order valence-electron chi connectivity index (χ4n) is 1.34. The number of nitrogens with one attached hydrogen (secondary N) is 2. The quantitative estimate of drug-likeness (QED) is 0.720. The van der Waals surface area contributed by atoms with Crippen molar-refractivity contribution in [1.29, 1.82) is 0 Å². The first-order chi connectivity index (χ1) is 8.97. The molecule has 1 unspecified atom stereocenters. The van der Waals surface area contributed by atoms with Gasteiger partial charge < -0.3 is 15.4 Å². The monoisotopic (exact) mass is 288 g/mol. The number of aryl methyl sites for hydroxylation is 1. The minimum atomic E-state index is -0.539. The zero-order chi connectivity index (χ0) is 14.4. The molecule has 0 bridgehead atoms. The van der Waals surface area contributed by atoms with E-state index in [1.807, 2.05) is 0 Å². The summed E-state index contributed by atoms with van der Waals surface area (Å²) in [6, 6.07) is -0.539. The topological polar surface area (TPSA) is 85.2 Å². The minimum absolute atomic E-state index is 0.00837. The van der Waals surface area contributed by atoms with E-state index in [2.05, 4.69) is 15.7 Å². The lowest BCUT2D eigenvalue weighted by Crippen LogP contribution is -2.39. The molecule has 1 aromatic rings. The largest absolute Gasteiger partial charge is 0.383 e. The van der Waals surface area contributed by atoms with Crippen molar-refractivity contribution in [3.05, 3.63) is 21.6 Å². The van der Waals surface area contributed by atoms with Gasteiger partial charge in [-0.1, -0.05) is 11.6 Å².